The molecule has 1 aromatic heterocycles. The lowest BCUT2D eigenvalue weighted by Crippen LogP contribution is -2.44. The van der Waals surface area contributed by atoms with E-state index in [0.29, 0.717) is 6.04 Å². The minimum Gasteiger partial charge on any atom is -0.469 e. The molecule has 0 saturated heterocycles. The summed E-state index contributed by atoms with van der Waals surface area (Å²) < 4.78 is 11.2. The predicted molar refractivity (Wildman–Crippen MR) is 112 cm³/mol. The van der Waals surface area contributed by atoms with Gasteiger partial charge in [-0.1, -0.05) is 12.8 Å². The van der Waals surface area contributed by atoms with Gasteiger partial charge in [-0.2, -0.15) is 0 Å². The maximum absolute atomic E-state index is 5.77. The van der Waals surface area contributed by atoms with Crippen LogP contribution in [0.3, 0.4) is 0 Å². The molecule has 142 valence electrons. The molecule has 6 heteroatoms. The second-order valence-corrected chi connectivity index (χ2v) is 7.10. The average Bonchev–Trinajstić information content (AvgIpc) is 3.03. The number of likely N-dealkylation sites (N-methyl/N-ethyl adjacent to an activating group) is 1. The number of hydrogen-bond acceptors (Lipinski definition) is 3. The number of nitrogens with one attached hydrogen (secondary N) is 1. The summed E-state index contributed by atoms with van der Waals surface area (Å²) in [7, 11) is 2.11. The molecule has 2 fully saturated rings. The number of ether oxygens (including phenoxy) is 1. The molecule has 0 bridgehead atoms. The van der Waals surface area contributed by atoms with Crippen molar-refractivity contribution in [1.82, 2.24) is 10.2 Å². The van der Waals surface area contributed by atoms with Crippen LogP contribution in [0.2, 0.25) is 0 Å². The molecule has 1 aromatic rings. The van der Waals surface area contributed by atoms with Crippen molar-refractivity contribution in [3.63, 3.8) is 0 Å². The van der Waals surface area contributed by atoms with E-state index in [0.717, 1.165) is 50.4 Å². The van der Waals surface area contributed by atoms with Crippen LogP contribution in [0, 0.1) is 5.92 Å². The molecule has 0 radical (unpaired) electrons. The molecule has 5 nitrogen and oxygen atoms in total. The van der Waals surface area contributed by atoms with Gasteiger partial charge < -0.3 is 19.4 Å². The average molecular weight is 461 g/mol. The van der Waals surface area contributed by atoms with Crippen molar-refractivity contribution in [2.75, 3.05) is 33.4 Å². The molecular formula is C19H32IN3O2. The first-order valence-electron chi connectivity index (χ1n) is 9.43. The summed E-state index contributed by atoms with van der Waals surface area (Å²) in [4.78, 5) is 7.01. The number of guanidine groups is 1. The van der Waals surface area contributed by atoms with E-state index in [1.165, 1.54) is 38.5 Å². The molecule has 2 aliphatic rings. The molecule has 3 rings (SSSR count). The number of rotatable bonds is 9. The minimum absolute atomic E-state index is 0. The summed E-state index contributed by atoms with van der Waals surface area (Å²) in [6.07, 6.45) is 10.4. The van der Waals surface area contributed by atoms with Gasteiger partial charge in [-0.15, -0.1) is 24.0 Å². The van der Waals surface area contributed by atoms with E-state index < -0.39 is 0 Å². The van der Waals surface area contributed by atoms with Crippen molar-refractivity contribution in [3.05, 3.63) is 24.2 Å². The van der Waals surface area contributed by atoms with E-state index in [2.05, 4.69) is 17.3 Å². The first-order chi connectivity index (χ1) is 11.8. The van der Waals surface area contributed by atoms with Gasteiger partial charge in [0.15, 0.2) is 5.96 Å². The van der Waals surface area contributed by atoms with Gasteiger partial charge in [-0.25, -0.2) is 0 Å². The third-order valence-electron chi connectivity index (χ3n) is 4.87. The molecule has 25 heavy (non-hydrogen) atoms. The van der Waals surface area contributed by atoms with Crippen molar-refractivity contribution in [2.24, 2.45) is 10.9 Å². The van der Waals surface area contributed by atoms with E-state index in [4.69, 9.17) is 14.1 Å². The van der Waals surface area contributed by atoms with Gasteiger partial charge in [-0.05, 0) is 43.7 Å². The number of hydrogen-bond donors (Lipinski definition) is 1. The monoisotopic (exact) mass is 461 g/mol. The summed E-state index contributed by atoms with van der Waals surface area (Å²) in [6, 6.07) is 4.51. The second kappa shape index (κ2) is 11.1. The molecule has 0 atom stereocenters. The highest BCUT2D eigenvalue weighted by atomic mass is 127. The summed E-state index contributed by atoms with van der Waals surface area (Å²) in [6.45, 7) is 3.33. The zero-order valence-electron chi connectivity index (χ0n) is 15.3. The molecule has 1 N–H and O–H groups in total. The highest BCUT2D eigenvalue weighted by molar-refractivity contribution is 14.0. The van der Waals surface area contributed by atoms with Gasteiger partial charge in [0.2, 0.25) is 0 Å². The SMILES string of the molecule is CN(CCOCC1CC1)C(=NCCc1ccco1)NC1CCCC1.I. The topological polar surface area (TPSA) is 50.0 Å². The zero-order chi connectivity index (χ0) is 16.6. The standard InChI is InChI=1S/C19H31N3O2.HI/c1-22(12-14-23-15-16-8-9-16)19(21-17-5-2-3-6-17)20-11-10-18-7-4-13-24-18;/h4,7,13,16-17H,2-3,5-6,8-12,14-15H2,1H3,(H,20,21);1H. The van der Waals surface area contributed by atoms with Crippen molar-refractivity contribution < 1.29 is 9.15 Å². The summed E-state index contributed by atoms with van der Waals surface area (Å²) in [5.41, 5.74) is 0. The molecular weight excluding hydrogens is 429 g/mol. The van der Waals surface area contributed by atoms with Gasteiger partial charge in [0.05, 0.1) is 12.9 Å². The fraction of sp³-hybridized carbons (Fsp3) is 0.737. The Hall–Kier alpha value is -0.760. The highest BCUT2D eigenvalue weighted by Crippen LogP contribution is 2.28. The zero-order valence-corrected chi connectivity index (χ0v) is 17.6. The smallest absolute Gasteiger partial charge is 0.193 e. The van der Waals surface area contributed by atoms with Crippen molar-refractivity contribution >= 4 is 29.9 Å². The van der Waals surface area contributed by atoms with Crippen LogP contribution in [-0.4, -0.2) is 50.3 Å². The van der Waals surface area contributed by atoms with Crippen molar-refractivity contribution in [1.29, 1.82) is 0 Å². The number of aliphatic imine (C=N–C) groups is 1. The third-order valence-corrected chi connectivity index (χ3v) is 4.87. The molecule has 0 aliphatic heterocycles. The van der Waals surface area contributed by atoms with Crippen LogP contribution < -0.4 is 5.32 Å². The van der Waals surface area contributed by atoms with Crippen LogP contribution in [0.25, 0.3) is 0 Å². The Morgan fingerprint density at radius 2 is 2.12 bits per heavy atom. The first kappa shape index (κ1) is 20.6. The lowest BCUT2D eigenvalue weighted by Gasteiger charge is -2.25. The Balaban J connectivity index is 0.00000225. The molecule has 2 saturated carbocycles. The quantitative estimate of drug-likeness (QED) is 0.264. The molecule has 0 unspecified atom stereocenters. The van der Waals surface area contributed by atoms with E-state index >= 15 is 0 Å². The maximum Gasteiger partial charge on any atom is 0.193 e. The molecule has 0 amide bonds. The Morgan fingerprint density at radius 3 is 2.80 bits per heavy atom. The number of nitrogens with zero attached hydrogens (tertiary/aromatic N) is 2. The van der Waals surface area contributed by atoms with Gasteiger partial charge in [-0.3, -0.25) is 4.99 Å². The van der Waals surface area contributed by atoms with Crippen LogP contribution in [0.5, 0.6) is 0 Å². The highest BCUT2D eigenvalue weighted by Gasteiger charge is 2.21. The number of halogens is 1. The van der Waals surface area contributed by atoms with Crippen molar-refractivity contribution in [3.8, 4) is 0 Å². The Labute approximate surface area is 168 Å². The van der Waals surface area contributed by atoms with Gasteiger partial charge in [0.1, 0.15) is 5.76 Å². The normalized spacial score (nSPS) is 18.2. The fourth-order valence-corrected chi connectivity index (χ4v) is 3.10. The summed E-state index contributed by atoms with van der Waals surface area (Å²) >= 11 is 0. The van der Waals surface area contributed by atoms with Gasteiger partial charge in [0, 0.05) is 39.2 Å². The maximum atomic E-state index is 5.77. The molecule has 0 spiro atoms. The minimum atomic E-state index is 0. The fourth-order valence-electron chi connectivity index (χ4n) is 3.10. The van der Waals surface area contributed by atoms with Crippen LogP contribution >= 0.6 is 24.0 Å². The van der Waals surface area contributed by atoms with Crippen LogP contribution in [0.4, 0.5) is 0 Å². The first-order valence-corrected chi connectivity index (χ1v) is 9.43. The lowest BCUT2D eigenvalue weighted by molar-refractivity contribution is 0.115. The Bertz CT molecular complexity index is 497. The van der Waals surface area contributed by atoms with Crippen LogP contribution in [-0.2, 0) is 11.2 Å². The molecule has 0 aromatic carbocycles. The number of furan rings is 1. The Morgan fingerprint density at radius 1 is 1.32 bits per heavy atom. The Kier molecular flexibility index (Phi) is 9.09. The lowest BCUT2D eigenvalue weighted by atomic mass is 10.2. The van der Waals surface area contributed by atoms with Gasteiger partial charge >= 0.3 is 0 Å². The molecule has 1 heterocycles. The van der Waals surface area contributed by atoms with E-state index in [-0.39, 0.29) is 24.0 Å². The predicted octanol–water partition coefficient (Wildman–Crippen LogP) is 3.69. The third kappa shape index (κ3) is 7.56. The van der Waals surface area contributed by atoms with E-state index in [1.807, 2.05) is 12.1 Å². The largest absolute Gasteiger partial charge is 0.469 e. The van der Waals surface area contributed by atoms with E-state index in [9.17, 15) is 0 Å². The van der Waals surface area contributed by atoms with E-state index in [1.54, 1.807) is 6.26 Å². The van der Waals surface area contributed by atoms with Gasteiger partial charge in [0.25, 0.3) is 0 Å². The molecule has 2 aliphatic carbocycles. The summed E-state index contributed by atoms with van der Waals surface area (Å²) in [5, 5.41) is 3.65. The second-order valence-electron chi connectivity index (χ2n) is 7.10. The van der Waals surface area contributed by atoms with Crippen LogP contribution in [0.1, 0.15) is 44.3 Å². The summed E-state index contributed by atoms with van der Waals surface area (Å²) in [5.74, 6) is 2.83. The van der Waals surface area contributed by atoms with Crippen molar-refractivity contribution in [2.45, 2.75) is 51.0 Å². The van der Waals surface area contributed by atoms with Crippen LogP contribution in [0.15, 0.2) is 27.8 Å².